The molecule has 0 unspecified atom stereocenters. The summed E-state index contributed by atoms with van der Waals surface area (Å²) in [5.74, 6) is -0.920. The van der Waals surface area contributed by atoms with E-state index in [1.165, 1.54) is 42.5 Å². The molecule has 0 bridgehead atoms. The number of aryl methyl sites for hydroxylation is 1. The molecule has 0 fully saturated rings. The molecule has 0 aromatic heterocycles. The predicted molar refractivity (Wildman–Crippen MR) is 170 cm³/mol. The number of phenolic OH excluding ortho intramolecular Hbond substituents is 1. The maximum atomic E-state index is 13.2. The van der Waals surface area contributed by atoms with E-state index in [2.05, 4.69) is 15.0 Å². The van der Waals surface area contributed by atoms with Crippen molar-refractivity contribution in [1.29, 1.82) is 0 Å². The average Bonchev–Trinajstić information content (AvgIpc) is 2.99. The second kappa shape index (κ2) is 16.2. The Labute approximate surface area is 331 Å². The van der Waals surface area contributed by atoms with E-state index in [0.717, 1.165) is 11.1 Å². The quantitative estimate of drug-likeness (QED) is 0.111. The van der Waals surface area contributed by atoms with E-state index in [9.17, 15) is 39.5 Å². The van der Waals surface area contributed by atoms with Gasteiger partial charge < -0.3 is 18.9 Å². The third-order valence-corrected chi connectivity index (χ3v) is 9.95. The predicted octanol–water partition coefficient (Wildman–Crippen LogP) is 0.119. The first-order chi connectivity index (χ1) is 22.0. The molecule has 0 amide bonds. The van der Waals surface area contributed by atoms with Crippen molar-refractivity contribution in [2.75, 3.05) is 4.72 Å². The Balaban J connectivity index is 0.00000325. The molecular formula is C30H22ClN3Na2O10S3. The van der Waals surface area contributed by atoms with Gasteiger partial charge >= 0.3 is 59.1 Å². The second-order valence-electron chi connectivity index (χ2n) is 10.1. The van der Waals surface area contributed by atoms with Crippen molar-refractivity contribution in [3.8, 4) is 11.5 Å². The van der Waals surface area contributed by atoms with Crippen LogP contribution in [0.2, 0.25) is 5.02 Å². The summed E-state index contributed by atoms with van der Waals surface area (Å²) in [6.07, 6.45) is 0. The molecule has 0 aliphatic heterocycles. The van der Waals surface area contributed by atoms with Gasteiger partial charge in [0.2, 0.25) is 0 Å². The summed E-state index contributed by atoms with van der Waals surface area (Å²) in [6.45, 7) is 1.82. The number of nitrogens with one attached hydrogen (secondary N) is 1. The van der Waals surface area contributed by atoms with Crippen LogP contribution in [0.1, 0.15) is 11.1 Å². The number of azo groups is 1. The first-order valence-corrected chi connectivity index (χ1v) is 17.9. The van der Waals surface area contributed by atoms with Crippen LogP contribution in [0.4, 0.5) is 17.1 Å². The molecule has 0 atom stereocenters. The molecule has 0 saturated carbocycles. The van der Waals surface area contributed by atoms with E-state index in [1.54, 1.807) is 19.1 Å². The molecule has 0 saturated heterocycles. The summed E-state index contributed by atoms with van der Waals surface area (Å²) in [5.41, 5.74) is -0.0281. The molecule has 0 aliphatic carbocycles. The maximum Gasteiger partial charge on any atom is 1.00 e. The number of anilines is 1. The largest absolute Gasteiger partial charge is 1.00 e. The minimum atomic E-state index is -5.45. The first-order valence-electron chi connectivity index (χ1n) is 13.3. The summed E-state index contributed by atoms with van der Waals surface area (Å²) in [4.78, 5) is -2.38. The van der Waals surface area contributed by atoms with Crippen molar-refractivity contribution in [3.05, 3.63) is 107 Å². The SMILES string of the molecule is Cc1ccc(S(=O)(=O)Nc2cc(S(=O)(=O)[O-])cc3cc(S(=O)(=O)[O-])c(N=Nc4cc(Cl)ccc4OCc4ccccc4)c(O)c23)cc1.[Na+].[Na+]. The van der Waals surface area contributed by atoms with E-state index >= 15 is 0 Å². The third-order valence-electron chi connectivity index (χ3n) is 6.67. The van der Waals surface area contributed by atoms with Crippen molar-refractivity contribution in [3.63, 3.8) is 0 Å². The van der Waals surface area contributed by atoms with Crippen LogP contribution in [-0.4, -0.2) is 39.5 Å². The van der Waals surface area contributed by atoms with Crippen LogP contribution in [-0.2, 0) is 36.9 Å². The summed E-state index contributed by atoms with van der Waals surface area (Å²) >= 11 is 6.13. The first kappa shape index (κ1) is 40.8. The fourth-order valence-corrected chi connectivity index (χ4v) is 6.83. The Hall–Kier alpha value is -2.58. The Morgan fingerprint density at radius 3 is 2.06 bits per heavy atom. The summed E-state index contributed by atoms with van der Waals surface area (Å²) in [7, 11) is -15.2. The minimum absolute atomic E-state index is 0. The van der Waals surface area contributed by atoms with Gasteiger partial charge in [-0.15, -0.1) is 10.2 Å². The van der Waals surface area contributed by atoms with Gasteiger partial charge in [-0.25, -0.2) is 25.3 Å². The topological polar surface area (TPSA) is 215 Å². The molecule has 13 nitrogen and oxygen atoms in total. The molecule has 19 heteroatoms. The van der Waals surface area contributed by atoms with E-state index in [-0.39, 0.29) is 87.1 Å². The molecule has 5 aromatic carbocycles. The number of sulfonamides is 1. The van der Waals surface area contributed by atoms with Crippen LogP contribution in [0, 0.1) is 6.92 Å². The van der Waals surface area contributed by atoms with Crippen LogP contribution in [0.15, 0.2) is 116 Å². The van der Waals surface area contributed by atoms with Gasteiger partial charge in [-0.1, -0.05) is 59.6 Å². The molecule has 0 radical (unpaired) electrons. The van der Waals surface area contributed by atoms with Gasteiger partial charge in [0.1, 0.15) is 44.0 Å². The minimum Gasteiger partial charge on any atom is -0.744 e. The summed E-state index contributed by atoms with van der Waals surface area (Å²) in [5, 5.41) is 18.4. The van der Waals surface area contributed by atoms with Gasteiger partial charge in [-0.05, 0) is 66.4 Å². The van der Waals surface area contributed by atoms with E-state index in [0.29, 0.717) is 18.2 Å². The van der Waals surface area contributed by atoms with E-state index in [4.69, 9.17) is 16.3 Å². The number of hydrogen-bond acceptors (Lipinski definition) is 12. The van der Waals surface area contributed by atoms with Crippen molar-refractivity contribution in [2.24, 2.45) is 10.2 Å². The Morgan fingerprint density at radius 1 is 0.796 bits per heavy atom. The van der Waals surface area contributed by atoms with E-state index < -0.39 is 67.9 Å². The number of nitrogens with zero attached hydrogens (tertiary/aromatic N) is 2. The zero-order chi connectivity index (χ0) is 34.1. The van der Waals surface area contributed by atoms with Gasteiger partial charge in [0.15, 0.2) is 5.75 Å². The molecule has 0 aliphatic rings. The number of halogens is 1. The summed E-state index contributed by atoms with van der Waals surface area (Å²) in [6, 6.07) is 20.8. The summed E-state index contributed by atoms with van der Waals surface area (Å²) < 4.78 is 107. The number of fused-ring (bicyclic) bond motifs is 1. The fourth-order valence-electron chi connectivity index (χ4n) is 4.42. The van der Waals surface area contributed by atoms with Gasteiger partial charge in [0.05, 0.1) is 25.8 Å². The number of hydrogen-bond donors (Lipinski definition) is 2. The zero-order valence-corrected chi connectivity index (χ0v) is 33.2. The number of aromatic hydroxyl groups is 1. The molecule has 244 valence electrons. The monoisotopic (exact) mass is 761 g/mol. The molecule has 5 rings (SSSR count). The van der Waals surface area contributed by atoms with Crippen molar-refractivity contribution in [1.82, 2.24) is 0 Å². The number of rotatable bonds is 10. The zero-order valence-electron chi connectivity index (χ0n) is 26.0. The average molecular weight is 762 g/mol. The van der Waals surface area contributed by atoms with Crippen LogP contribution in [0.3, 0.4) is 0 Å². The van der Waals surface area contributed by atoms with Crippen molar-refractivity contribution < 1.29 is 103 Å². The normalized spacial score (nSPS) is 11.9. The van der Waals surface area contributed by atoms with Crippen molar-refractivity contribution >= 4 is 69.7 Å². The Bertz CT molecular complexity index is 2380. The molecular weight excluding hydrogens is 740 g/mol. The number of benzene rings is 5. The van der Waals surface area contributed by atoms with Gasteiger partial charge in [-0.2, -0.15) is 0 Å². The molecule has 5 aromatic rings. The Morgan fingerprint density at radius 2 is 1.45 bits per heavy atom. The number of phenols is 1. The Kier molecular flexibility index (Phi) is 13.5. The number of ether oxygens (including phenoxy) is 1. The third kappa shape index (κ3) is 9.81. The van der Waals surface area contributed by atoms with Crippen LogP contribution >= 0.6 is 11.6 Å². The van der Waals surface area contributed by atoms with Gasteiger partial charge in [0.25, 0.3) is 10.0 Å². The molecule has 49 heavy (non-hydrogen) atoms. The standard InChI is InChI=1S/C30H24ClN3O10S3.2Na/c1-18-7-10-22(11-8-18)45(36,37)34-25-16-23(46(38,39)40)13-20-14-27(47(41,42)43)29(30(35)28(20)25)33-32-24-15-21(31)9-12-26(24)44-17-19-5-3-2-4-6-19;;/h2-16,34-35H,17H2,1H3,(H,38,39,40)(H,41,42,43);;/q;2*+1/p-2. The molecule has 0 heterocycles. The smallest absolute Gasteiger partial charge is 0.744 e. The van der Waals surface area contributed by atoms with Crippen LogP contribution < -0.4 is 68.6 Å². The van der Waals surface area contributed by atoms with Crippen molar-refractivity contribution in [2.45, 2.75) is 28.2 Å². The molecule has 0 spiro atoms. The fraction of sp³-hybridized carbons (Fsp3) is 0.0667. The van der Waals surface area contributed by atoms with Crippen LogP contribution in [0.5, 0.6) is 11.5 Å². The van der Waals surface area contributed by atoms with Gasteiger partial charge in [-0.3, -0.25) is 4.72 Å². The molecule has 2 N–H and O–H groups in total. The maximum absolute atomic E-state index is 13.2. The van der Waals surface area contributed by atoms with Gasteiger partial charge in [0, 0.05) is 5.02 Å². The van der Waals surface area contributed by atoms with E-state index in [1.807, 2.05) is 18.2 Å². The van der Waals surface area contributed by atoms with Crippen LogP contribution in [0.25, 0.3) is 10.8 Å². The second-order valence-corrected chi connectivity index (χ2v) is 14.9.